The van der Waals surface area contributed by atoms with Crippen molar-refractivity contribution in [3.8, 4) is 0 Å². The number of nitrogens with zero attached hydrogens (tertiary/aromatic N) is 1. The fraction of sp³-hybridized carbons (Fsp3) is 0.250. The Kier molecular flexibility index (Phi) is 5.78. The molecule has 2 aromatic carbocycles. The average molecular weight is 436 g/mol. The third-order valence-corrected chi connectivity index (χ3v) is 5.03. The molecule has 1 saturated carbocycles. The lowest BCUT2D eigenvalue weighted by atomic mass is 10.1. The highest BCUT2D eigenvalue weighted by molar-refractivity contribution is 6.02. The molecule has 0 heterocycles. The molecule has 8 nitrogen and oxygen atoms in total. The van der Waals surface area contributed by atoms with Crippen molar-refractivity contribution in [1.82, 2.24) is 15.8 Å². The summed E-state index contributed by atoms with van der Waals surface area (Å²) in [5, 5.41) is 12.0. The van der Waals surface area contributed by atoms with E-state index in [1.165, 1.54) is 25.2 Å². The van der Waals surface area contributed by atoms with Crippen LogP contribution in [0.4, 0.5) is 29.3 Å². The van der Waals surface area contributed by atoms with Crippen molar-refractivity contribution in [1.29, 1.82) is 0 Å². The molecule has 11 heteroatoms. The van der Waals surface area contributed by atoms with Gasteiger partial charge in [-0.15, -0.1) is 0 Å². The van der Waals surface area contributed by atoms with Crippen LogP contribution in [-0.4, -0.2) is 40.5 Å². The first kappa shape index (κ1) is 21.9. The molecular weight excluding hydrogens is 417 g/mol. The minimum atomic E-state index is -4.46. The number of amides is 3. The number of alkyl halides is 3. The van der Waals surface area contributed by atoms with Crippen LogP contribution in [0.1, 0.15) is 28.8 Å². The molecule has 1 aliphatic carbocycles. The smallest absolute Gasteiger partial charge is 0.416 e. The molecule has 164 valence electrons. The van der Waals surface area contributed by atoms with E-state index in [4.69, 9.17) is 5.11 Å². The number of likely N-dealkylation sites (N-methyl/N-ethyl adjacent to an activating group) is 1. The van der Waals surface area contributed by atoms with E-state index >= 15 is 0 Å². The fourth-order valence-electron chi connectivity index (χ4n) is 3.00. The molecule has 3 amide bonds. The summed E-state index contributed by atoms with van der Waals surface area (Å²) in [6.07, 6.45) is -5.04. The van der Waals surface area contributed by atoms with Crippen LogP contribution in [0.15, 0.2) is 48.5 Å². The zero-order valence-corrected chi connectivity index (χ0v) is 16.3. The van der Waals surface area contributed by atoms with Gasteiger partial charge in [-0.05, 0) is 49.2 Å². The molecule has 0 atom stereocenters. The molecule has 31 heavy (non-hydrogen) atoms. The number of para-hydroxylation sites is 1. The molecule has 1 aliphatic rings. The van der Waals surface area contributed by atoms with E-state index in [-0.39, 0.29) is 5.56 Å². The van der Waals surface area contributed by atoms with Crippen LogP contribution >= 0.6 is 0 Å². The van der Waals surface area contributed by atoms with Gasteiger partial charge in [-0.2, -0.15) is 13.2 Å². The second-order valence-corrected chi connectivity index (χ2v) is 7.03. The lowest BCUT2D eigenvalue weighted by molar-refractivity contribution is -0.137. The molecule has 0 unspecified atom stereocenters. The second-order valence-electron chi connectivity index (χ2n) is 7.03. The number of hydrogen-bond donors (Lipinski definition) is 4. The standard InChI is InChI=1S/C20H19F3N4O4/c1-27(18(30)31)19(10-11-19)17(29)26-25-16(28)14-4-2-3-5-15(14)24-13-8-6-12(7-9-13)20(21,22)23/h2-9,24H,10-11H2,1H3,(H,25,28)(H,26,29)(H,30,31). The minimum Gasteiger partial charge on any atom is -0.465 e. The van der Waals surface area contributed by atoms with Crippen LogP contribution in [0.3, 0.4) is 0 Å². The Morgan fingerprint density at radius 1 is 1.00 bits per heavy atom. The van der Waals surface area contributed by atoms with Gasteiger partial charge in [0.2, 0.25) is 0 Å². The molecule has 0 radical (unpaired) electrons. The monoisotopic (exact) mass is 436 g/mol. The summed E-state index contributed by atoms with van der Waals surface area (Å²) < 4.78 is 38.1. The molecule has 4 N–H and O–H groups in total. The number of nitrogens with one attached hydrogen (secondary N) is 3. The van der Waals surface area contributed by atoms with E-state index < -0.39 is 35.2 Å². The van der Waals surface area contributed by atoms with E-state index in [9.17, 15) is 27.6 Å². The van der Waals surface area contributed by atoms with Crippen LogP contribution in [0.25, 0.3) is 0 Å². The lowest BCUT2D eigenvalue weighted by Gasteiger charge is -2.24. The maximum atomic E-state index is 12.7. The zero-order chi connectivity index (χ0) is 22.8. The first-order valence-corrected chi connectivity index (χ1v) is 9.15. The van der Waals surface area contributed by atoms with E-state index in [1.807, 2.05) is 0 Å². The van der Waals surface area contributed by atoms with Crippen molar-refractivity contribution in [3.63, 3.8) is 0 Å². The molecule has 2 aromatic rings. The molecule has 0 saturated heterocycles. The molecule has 1 fully saturated rings. The number of carbonyl (C=O) groups excluding carboxylic acids is 2. The van der Waals surface area contributed by atoms with E-state index in [0.717, 1.165) is 17.0 Å². The number of carboxylic acid groups (broad SMARTS) is 1. The Balaban J connectivity index is 1.68. The highest BCUT2D eigenvalue weighted by Gasteiger charge is 2.55. The Morgan fingerprint density at radius 3 is 2.16 bits per heavy atom. The molecule has 0 aliphatic heterocycles. The molecular formula is C20H19F3N4O4. The molecule has 3 rings (SSSR count). The van der Waals surface area contributed by atoms with Gasteiger partial charge < -0.3 is 10.4 Å². The number of halogens is 3. The Morgan fingerprint density at radius 2 is 1.61 bits per heavy atom. The quantitative estimate of drug-likeness (QED) is 0.538. The Labute approximate surface area is 175 Å². The predicted octanol–water partition coefficient (Wildman–Crippen LogP) is 3.35. The van der Waals surface area contributed by atoms with Gasteiger partial charge in [0.05, 0.1) is 16.8 Å². The van der Waals surface area contributed by atoms with E-state index in [1.54, 1.807) is 18.2 Å². The minimum absolute atomic E-state index is 0.124. The number of hydrogen-bond acceptors (Lipinski definition) is 4. The van der Waals surface area contributed by atoms with Crippen molar-refractivity contribution in [2.75, 3.05) is 12.4 Å². The maximum Gasteiger partial charge on any atom is 0.416 e. The summed E-state index contributed by atoms with van der Waals surface area (Å²) >= 11 is 0. The van der Waals surface area contributed by atoms with Gasteiger partial charge in [-0.3, -0.25) is 25.3 Å². The number of anilines is 2. The maximum absolute atomic E-state index is 12.7. The van der Waals surface area contributed by atoms with Gasteiger partial charge >= 0.3 is 12.3 Å². The molecule has 0 aromatic heterocycles. The van der Waals surface area contributed by atoms with Gasteiger partial charge in [-0.1, -0.05) is 12.1 Å². The Bertz CT molecular complexity index is 1000. The van der Waals surface area contributed by atoms with Gasteiger partial charge in [-0.25, -0.2) is 4.79 Å². The normalized spacial score (nSPS) is 14.3. The van der Waals surface area contributed by atoms with Crippen LogP contribution in [0.5, 0.6) is 0 Å². The first-order valence-electron chi connectivity index (χ1n) is 9.15. The second kappa shape index (κ2) is 8.17. The number of hydrazine groups is 1. The highest BCUT2D eigenvalue weighted by atomic mass is 19.4. The zero-order valence-electron chi connectivity index (χ0n) is 16.3. The van der Waals surface area contributed by atoms with Gasteiger partial charge in [0.25, 0.3) is 11.8 Å². The average Bonchev–Trinajstić information content (AvgIpc) is 3.53. The summed E-state index contributed by atoms with van der Waals surface area (Å²) in [6, 6.07) is 10.5. The molecule has 0 bridgehead atoms. The third kappa shape index (κ3) is 4.71. The topological polar surface area (TPSA) is 111 Å². The lowest BCUT2D eigenvalue weighted by Crippen LogP contribution is -2.54. The van der Waals surface area contributed by atoms with E-state index in [2.05, 4.69) is 16.2 Å². The van der Waals surface area contributed by atoms with Crippen molar-refractivity contribution in [2.45, 2.75) is 24.6 Å². The van der Waals surface area contributed by atoms with Crippen LogP contribution in [0.2, 0.25) is 0 Å². The summed E-state index contributed by atoms with van der Waals surface area (Å²) in [5.74, 6) is -1.34. The predicted molar refractivity (Wildman–Crippen MR) is 105 cm³/mol. The number of rotatable bonds is 5. The summed E-state index contributed by atoms with van der Waals surface area (Å²) in [6.45, 7) is 0. The Hall–Kier alpha value is -3.76. The summed E-state index contributed by atoms with van der Waals surface area (Å²) in [4.78, 5) is 36.9. The van der Waals surface area contributed by atoms with E-state index in [0.29, 0.717) is 24.2 Å². The van der Waals surface area contributed by atoms with Gasteiger partial charge in [0, 0.05) is 12.7 Å². The summed E-state index contributed by atoms with van der Waals surface area (Å²) in [7, 11) is 1.28. The van der Waals surface area contributed by atoms with Crippen molar-refractivity contribution in [2.24, 2.45) is 0 Å². The largest absolute Gasteiger partial charge is 0.465 e. The SMILES string of the molecule is CN(C(=O)O)C1(C(=O)NNC(=O)c2ccccc2Nc2ccc(C(F)(F)F)cc2)CC1. The van der Waals surface area contributed by atoms with Crippen molar-refractivity contribution in [3.05, 3.63) is 59.7 Å². The fourth-order valence-corrected chi connectivity index (χ4v) is 3.00. The number of benzene rings is 2. The summed E-state index contributed by atoms with van der Waals surface area (Å²) in [5.41, 5.74) is 3.23. The first-order chi connectivity index (χ1) is 14.5. The van der Waals surface area contributed by atoms with Crippen molar-refractivity contribution < 1.29 is 32.7 Å². The van der Waals surface area contributed by atoms with Crippen LogP contribution in [0, 0.1) is 0 Å². The van der Waals surface area contributed by atoms with Crippen molar-refractivity contribution >= 4 is 29.3 Å². The third-order valence-electron chi connectivity index (χ3n) is 5.03. The molecule has 0 spiro atoms. The van der Waals surface area contributed by atoms with Gasteiger partial charge in [0.15, 0.2) is 0 Å². The highest BCUT2D eigenvalue weighted by Crippen LogP contribution is 2.41. The van der Waals surface area contributed by atoms with Crippen LogP contribution < -0.4 is 16.2 Å². The van der Waals surface area contributed by atoms with Gasteiger partial charge in [0.1, 0.15) is 5.54 Å². The van der Waals surface area contributed by atoms with Crippen LogP contribution in [-0.2, 0) is 11.0 Å². The number of carbonyl (C=O) groups is 3.